The number of fused-ring (bicyclic) bond motifs is 2. The summed E-state index contributed by atoms with van der Waals surface area (Å²) < 4.78 is 32.8. The van der Waals surface area contributed by atoms with E-state index in [1.807, 2.05) is 12.1 Å². The summed E-state index contributed by atoms with van der Waals surface area (Å²) in [5.74, 6) is 0.687. The van der Waals surface area contributed by atoms with Crippen molar-refractivity contribution in [3.63, 3.8) is 0 Å². The Hall–Kier alpha value is -3.28. The van der Waals surface area contributed by atoms with Gasteiger partial charge in [0.15, 0.2) is 0 Å². The molecule has 0 radical (unpaired) electrons. The number of nitrogens with two attached hydrogens (primary N) is 1. The summed E-state index contributed by atoms with van der Waals surface area (Å²) in [6.45, 7) is 3.45. The van der Waals surface area contributed by atoms with Crippen LogP contribution < -0.4 is 16.0 Å². The van der Waals surface area contributed by atoms with Gasteiger partial charge < -0.3 is 20.7 Å². The molecule has 232 valence electrons. The number of morpholine rings is 1. The summed E-state index contributed by atoms with van der Waals surface area (Å²) in [4.78, 5) is 12.5. The number of nitrogens with one attached hydrogen (secondary N) is 1. The van der Waals surface area contributed by atoms with E-state index in [4.69, 9.17) is 15.5 Å². The molecular weight excluding hydrogens is 596 g/mol. The minimum atomic E-state index is -3.54. The second-order valence-corrected chi connectivity index (χ2v) is 13.7. The lowest BCUT2D eigenvalue weighted by Gasteiger charge is -2.26. The lowest BCUT2D eigenvalue weighted by molar-refractivity contribution is 0.0730. The molecule has 1 atom stereocenters. The van der Waals surface area contributed by atoms with Crippen LogP contribution in [0.25, 0.3) is 22.0 Å². The Bertz CT molecular complexity index is 1740. The molecule has 3 aliphatic rings. The van der Waals surface area contributed by atoms with Crippen LogP contribution in [0.5, 0.6) is 0 Å². The molecule has 1 aliphatic carbocycles. The van der Waals surface area contributed by atoms with Gasteiger partial charge in [0.25, 0.3) is 0 Å². The second-order valence-electron chi connectivity index (χ2n) is 11.8. The van der Waals surface area contributed by atoms with Crippen LogP contribution >= 0.6 is 12.4 Å². The standard InChI is InChI=1S/C33H38N6O3S.ClH/c34-25-13-15-38(22-25)33-28-4-2-1-3-5-30(28)37-31-11-6-23(20-29(31)33)24-12-14-35-32(21-24)36-26-7-9-27(10-8-26)43(40,41)39-16-18-42-19-17-39;/h6-12,14,20-21,25H,1-5,13,15-19,22,34H2,(H,35,36);1H/t25-;/m0./s1. The Labute approximate surface area is 265 Å². The van der Waals surface area contributed by atoms with E-state index in [1.54, 1.807) is 30.5 Å². The molecule has 2 aromatic heterocycles. The Morgan fingerprint density at radius 2 is 1.68 bits per heavy atom. The van der Waals surface area contributed by atoms with Crippen molar-refractivity contribution in [2.75, 3.05) is 49.6 Å². The lowest BCUT2D eigenvalue weighted by Crippen LogP contribution is -2.40. The highest BCUT2D eigenvalue weighted by Gasteiger charge is 2.27. The monoisotopic (exact) mass is 634 g/mol. The van der Waals surface area contributed by atoms with Crippen molar-refractivity contribution < 1.29 is 13.2 Å². The fraction of sp³-hybridized carbons (Fsp3) is 0.394. The molecule has 7 rings (SSSR count). The number of halogens is 1. The van der Waals surface area contributed by atoms with Gasteiger partial charge in [-0.05, 0) is 97.3 Å². The molecule has 2 aliphatic heterocycles. The number of anilines is 3. The van der Waals surface area contributed by atoms with Gasteiger partial charge in [0.1, 0.15) is 5.82 Å². The predicted octanol–water partition coefficient (Wildman–Crippen LogP) is 5.29. The summed E-state index contributed by atoms with van der Waals surface area (Å²) in [7, 11) is -3.54. The third kappa shape index (κ3) is 6.14. The van der Waals surface area contributed by atoms with Crippen molar-refractivity contribution in [1.82, 2.24) is 14.3 Å². The summed E-state index contributed by atoms with van der Waals surface area (Å²) >= 11 is 0. The first-order valence-electron chi connectivity index (χ1n) is 15.3. The molecule has 3 N–H and O–H groups in total. The van der Waals surface area contributed by atoms with Crippen LogP contribution in [0.1, 0.15) is 36.9 Å². The number of rotatable bonds is 6. The van der Waals surface area contributed by atoms with Gasteiger partial charge in [-0.2, -0.15) is 4.31 Å². The number of aromatic nitrogens is 2. The Balaban J connectivity index is 0.00000343. The van der Waals surface area contributed by atoms with Crippen LogP contribution in [-0.2, 0) is 27.6 Å². The fourth-order valence-corrected chi connectivity index (χ4v) is 7.99. The number of aryl methyl sites for hydroxylation is 1. The minimum absolute atomic E-state index is 0. The van der Waals surface area contributed by atoms with Gasteiger partial charge in [-0.25, -0.2) is 13.4 Å². The molecule has 4 heterocycles. The number of hydrogen-bond acceptors (Lipinski definition) is 8. The van der Waals surface area contributed by atoms with Gasteiger partial charge in [0.2, 0.25) is 10.0 Å². The van der Waals surface area contributed by atoms with Crippen LogP contribution in [0.4, 0.5) is 17.2 Å². The maximum absolute atomic E-state index is 13.0. The molecule has 0 saturated carbocycles. The first-order valence-corrected chi connectivity index (χ1v) is 16.8. The van der Waals surface area contributed by atoms with Crippen molar-refractivity contribution in [3.8, 4) is 11.1 Å². The smallest absolute Gasteiger partial charge is 0.243 e. The van der Waals surface area contributed by atoms with Gasteiger partial charge in [-0.15, -0.1) is 12.4 Å². The number of nitrogens with zero attached hydrogens (tertiary/aromatic N) is 4. The molecule has 2 aromatic carbocycles. The predicted molar refractivity (Wildman–Crippen MR) is 178 cm³/mol. The SMILES string of the molecule is Cl.N[C@H]1CCN(c2c3c(nc4ccc(-c5ccnc(Nc6ccc(S(=O)(=O)N7CCOCC7)cc6)c5)cc24)CCCCC3)C1. The van der Waals surface area contributed by atoms with E-state index in [1.165, 1.54) is 45.9 Å². The van der Waals surface area contributed by atoms with Crippen LogP contribution in [0, 0.1) is 0 Å². The van der Waals surface area contributed by atoms with E-state index in [0.717, 1.165) is 54.7 Å². The molecule has 2 saturated heterocycles. The Morgan fingerprint density at radius 1 is 0.909 bits per heavy atom. The Kier molecular flexibility index (Phi) is 9.07. The molecular formula is C33H39ClN6O3S. The molecule has 0 spiro atoms. The van der Waals surface area contributed by atoms with Crippen LogP contribution in [0.2, 0.25) is 0 Å². The topological polar surface area (TPSA) is 114 Å². The summed E-state index contributed by atoms with van der Waals surface area (Å²) in [6.07, 6.45) is 8.57. The zero-order chi connectivity index (χ0) is 29.4. The quantitative estimate of drug-likeness (QED) is 0.275. The largest absolute Gasteiger partial charge is 0.379 e. The van der Waals surface area contributed by atoms with E-state index >= 15 is 0 Å². The van der Waals surface area contributed by atoms with Crippen LogP contribution in [0.15, 0.2) is 65.7 Å². The summed E-state index contributed by atoms with van der Waals surface area (Å²) in [5.41, 5.74) is 14.3. The number of hydrogen-bond donors (Lipinski definition) is 2. The zero-order valence-corrected chi connectivity index (χ0v) is 26.4. The molecule has 0 amide bonds. The number of sulfonamides is 1. The van der Waals surface area contributed by atoms with Gasteiger partial charge in [0, 0.05) is 55.2 Å². The summed E-state index contributed by atoms with van der Waals surface area (Å²) in [5, 5.41) is 4.53. The van der Waals surface area contributed by atoms with Crippen molar-refractivity contribution in [2.45, 2.75) is 49.5 Å². The minimum Gasteiger partial charge on any atom is -0.379 e. The van der Waals surface area contributed by atoms with Crippen LogP contribution in [-0.4, -0.2) is 68.1 Å². The Morgan fingerprint density at radius 3 is 2.45 bits per heavy atom. The average Bonchev–Trinajstić information content (AvgIpc) is 3.32. The molecule has 0 unspecified atom stereocenters. The van der Waals surface area contributed by atoms with E-state index in [9.17, 15) is 8.42 Å². The maximum atomic E-state index is 13.0. The average molecular weight is 635 g/mol. The molecule has 9 nitrogen and oxygen atoms in total. The maximum Gasteiger partial charge on any atom is 0.243 e. The van der Waals surface area contributed by atoms with E-state index in [0.29, 0.717) is 32.1 Å². The van der Waals surface area contributed by atoms with Crippen LogP contribution in [0.3, 0.4) is 0 Å². The first kappa shape index (κ1) is 30.7. The molecule has 4 aromatic rings. The number of ether oxygens (including phenoxy) is 1. The highest BCUT2D eigenvalue weighted by atomic mass is 35.5. The highest BCUT2D eigenvalue weighted by Crippen LogP contribution is 2.39. The van der Waals surface area contributed by atoms with Crippen molar-refractivity contribution >= 4 is 50.5 Å². The van der Waals surface area contributed by atoms with Gasteiger partial charge in [-0.1, -0.05) is 12.5 Å². The molecule has 11 heteroatoms. The number of pyridine rings is 2. The van der Waals surface area contributed by atoms with Gasteiger partial charge >= 0.3 is 0 Å². The summed E-state index contributed by atoms with van der Waals surface area (Å²) in [6, 6.07) is 17.7. The molecule has 0 bridgehead atoms. The zero-order valence-electron chi connectivity index (χ0n) is 24.7. The van der Waals surface area contributed by atoms with E-state index < -0.39 is 10.0 Å². The molecule has 2 fully saturated rings. The lowest BCUT2D eigenvalue weighted by atomic mass is 9.97. The van der Waals surface area contributed by atoms with Crippen molar-refractivity contribution in [2.24, 2.45) is 5.73 Å². The van der Waals surface area contributed by atoms with Crippen molar-refractivity contribution in [1.29, 1.82) is 0 Å². The highest BCUT2D eigenvalue weighted by molar-refractivity contribution is 7.89. The van der Waals surface area contributed by atoms with Gasteiger partial charge in [-0.3, -0.25) is 4.98 Å². The third-order valence-electron chi connectivity index (χ3n) is 8.85. The second kappa shape index (κ2) is 13.0. The van der Waals surface area contributed by atoms with E-state index in [2.05, 4.69) is 33.4 Å². The molecule has 44 heavy (non-hydrogen) atoms. The van der Waals surface area contributed by atoms with E-state index in [-0.39, 0.29) is 23.3 Å². The number of benzene rings is 2. The third-order valence-corrected chi connectivity index (χ3v) is 10.8. The van der Waals surface area contributed by atoms with Gasteiger partial charge in [0.05, 0.1) is 29.3 Å². The fourth-order valence-electron chi connectivity index (χ4n) is 6.58. The van der Waals surface area contributed by atoms with Crippen molar-refractivity contribution in [3.05, 3.63) is 72.1 Å². The normalized spacial score (nSPS) is 19.3. The first-order chi connectivity index (χ1) is 21.0.